The third kappa shape index (κ3) is 3.17. The van der Waals surface area contributed by atoms with Crippen LogP contribution in [0.3, 0.4) is 0 Å². The molecule has 108 valence electrons. The van der Waals surface area contributed by atoms with Crippen LogP contribution in [0.5, 0.6) is 0 Å². The van der Waals surface area contributed by atoms with Crippen LogP contribution in [0, 0.1) is 0 Å². The Bertz CT molecular complexity index is 371. The summed E-state index contributed by atoms with van der Waals surface area (Å²) in [5.74, 6) is -0.742. The fraction of sp³-hybridized carbons (Fsp3) is 1.00. The third-order valence-electron chi connectivity index (χ3n) is 3.13. The number of hydrogen-bond acceptors (Lipinski definition) is 6. The highest BCUT2D eigenvalue weighted by Crippen LogP contribution is 2.37. The quantitative estimate of drug-likeness (QED) is 0.355. The summed E-state index contributed by atoms with van der Waals surface area (Å²) in [6.07, 6.45) is -2.79. The zero-order valence-corrected chi connectivity index (χ0v) is 11.2. The first-order valence-electron chi connectivity index (χ1n) is 6.26. The summed E-state index contributed by atoms with van der Waals surface area (Å²) in [6, 6.07) is 0. The van der Waals surface area contributed by atoms with Crippen LogP contribution in [-0.4, -0.2) is 54.8 Å². The minimum atomic E-state index is -0.936. The first-order valence-corrected chi connectivity index (χ1v) is 6.26. The summed E-state index contributed by atoms with van der Waals surface area (Å²) < 4.78 is 22.3. The molecule has 0 bridgehead atoms. The number of aliphatic hydroxyl groups excluding tert-OH is 1. The number of hydrogen-bond donors (Lipinski definition) is 1. The Balaban J connectivity index is 1.96. The fourth-order valence-corrected chi connectivity index (χ4v) is 2.36. The molecule has 0 aliphatic carbocycles. The third-order valence-corrected chi connectivity index (χ3v) is 3.13. The van der Waals surface area contributed by atoms with Crippen molar-refractivity contribution in [1.82, 2.24) is 0 Å². The average Bonchev–Trinajstić information content (AvgIpc) is 2.67. The lowest BCUT2D eigenvalue weighted by Crippen LogP contribution is -2.56. The van der Waals surface area contributed by atoms with E-state index in [9.17, 15) is 5.11 Å². The van der Waals surface area contributed by atoms with Crippen molar-refractivity contribution in [1.29, 1.82) is 0 Å². The van der Waals surface area contributed by atoms with Crippen molar-refractivity contribution in [3.63, 3.8) is 0 Å². The standard InChI is InChI=1S/C11H19N3O5/c1-6-8-9(19-11(2,3)18-8)7(15)10(17-6)16-5-4-13-14-12/h6-10,15H,4-5H2,1-3H3/t6-,7-,8+,9-,10+/m1/s1. The van der Waals surface area contributed by atoms with Crippen LogP contribution < -0.4 is 0 Å². The van der Waals surface area contributed by atoms with Gasteiger partial charge >= 0.3 is 0 Å². The molecule has 8 nitrogen and oxygen atoms in total. The van der Waals surface area contributed by atoms with Gasteiger partial charge < -0.3 is 24.1 Å². The van der Waals surface area contributed by atoms with Gasteiger partial charge in [-0.25, -0.2) is 0 Å². The molecule has 2 saturated heterocycles. The molecule has 0 radical (unpaired) electrons. The van der Waals surface area contributed by atoms with Gasteiger partial charge in [-0.3, -0.25) is 0 Å². The molecule has 0 aromatic heterocycles. The van der Waals surface area contributed by atoms with Crippen molar-refractivity contribution >= 4 is 0 Å². The molecule has 2 rings (SSSR count). The van der Waals surface area contributed by atoms with Gasteiger partial charge in [0.25, 0.3) is 0 Å². The van der Waals surface area contributed by atoms with Crippen molar-refractivity contribution in [2.24, 2.45) is 5.11 Å². The maximum absolute atomic E-state index is 10.2. The molecule has 8 heteroatoms. The van der Waals surface area contributed by atoms with E-state index < -0.39 is 24.3 Å². The van der Waals surface area contributed by atoms with E-state index in [0.717, 1.165) is 0 Å². The van der Waals surface area contributed by atoms with Crippen molar-refractivity contribution in [2.75, 3.05) is 13.2 Å². The fourth-order valence-electron chi connectivity index (χ4n) is 2.36. The number of fused-ring (bicyclic) bond motifs is 1. The van der Waals surface area contributed by atoms with E-state index >= 15 is 0 Å². The molecular formula is C11H19N3O5. The molecule has 0 aromatic rings. The zero-order valence-electron chi connectivity index (χ0n) is 11.2. The Labute approximate surface area is 111 Å². The van der Waals surface area contributed by atoms with Crippen LogP contribution in [-0.2, 0) is 18.9 Å². The van der Waals surface area contributed by atoms with Crippen LogP contribution >= 0.6 is 0 Å². The second-order valence-electron chi connectivity index (χ2n) is 5.09. The molecule has 2 fully saturated rings. The summed E-state index contributed by atoms with van der Waals surface area (Å²) in [7, 11) is 0. The molecular weight excluding hydrogens is 254 g/mol. The molecule has 2 heterocycles. The van der Waals surface area contributed by atoms with Gasteiger partial charge in [0.15, 0.2) is 12.1 Å². The first kappa shape index (κ1) is 14.5. The summed E-state index contributed by atoms with van der Waals surface area (Å²) in [5, 5.41) is 13.5. The van der Waals surface area contributed by atoms with Gasteiger partial charge in [-0.15, -0.1) is 0 Å². The maximum atomic E-state index is 10.2. The monoisotopic (exact) mass is 273 g/mol. The summed E-state index contributed by atoms with van der Waals surface area (Å²) in [6.45, 7) is 5.80. The van der Waals surface area contributed by atoms with Crippen molar-refractivity contribution in [2.45, 2.75) is 57.3 Å². The van der Waals surface area contributed by atoms with Crippen LogP contribution in [0.25, 0.3) is 10.4 Å². The van der Waals surface area contributed by atoms with Crippen molar-refractivity contribution in [3.05, 3.63) is 10.4 Å². The van der Waals surface area contributed by atoms with E-state index in [2.05, 4.69) is 10.0 Å². The number of nitrogens with zero attached hydrogens (tertiary/aromatic N) is 3. The highest BCUT2D eigenvalue weighted by atomic mass is 16.8. The molecule has 5 atom stereocenters. The van der Waals surface area contributed by atoms with Crippen LogP contribution in [0.1, 0.15) is 20.8 Å². The zero-order chi connectivity index (χ0) is 14.0. The van der Waals surface area contributed by atoms with E-state index in [1.165, 1.54) is 0 Å². The SMILES string of the molecule is C[C@H]1O[C@H](OCCN=[N+]=[N-])[C@H](O)[C@H]2OC(C)(C)O[C@H]21. The molecule has 0 amide bonds. The average molecular weight is 273 g/mol. The second-order valence-corrected chi connectivity index (χ2v) is 5.09. The normalized spacial score (nSPS) is 40.5. The topological polar surface area (TPSA) is 106 Å². The van der Waals surface area contributed by atoms with Gasteiger partial charge in [0.1, 0.15) is 18.3 Å². The lowest BCUT2D eigenvalue weighted by molar-refractivity contribution is -0.272. The Morgan fingerprint density at radius 2 is 2.05 bits per heavy atom. The second kappa shape index (κ2) is 5.62. The number of azide groups is 1. The van der Waals surface area contributed by atoms with Gasteiger partial charge in [-0.2, -0.15) is 0 Å². The molecule has 2 aliphatic heterocycles. The van der Waals surface area contributed by atoms with E-state index in [1.54, 1.807) is 13.8 Å². The Hall–Kier alpha value is -0.890. The Kier molecular flexibility index (Phi) is 4.29. The molecule has 0 unspecified atom stereocenters. The minimum absolute atomic E-state index is 0.181. The molecule has 1 N–H and O–H groups in total. The van der Waals surface area contributed by atoms with Crippen LogP contribution in [0.2, 0.25) is 0 Å². The Morgan fingerprint density at radius 1 is 1.37 bits per heavy atom. The number of rotatable bonds is 4. The van der Waals surface area contributed by atoms with Crippen molar-refractivity contribution < 1.29 is 24.1 Å². The lowest BCUT2D eigenvalue weighted by atomic mass is 10.0. The molecule has 0 aromatic carbocycles. The highest BCUT2D eigenvalue weighted by Gasteiger charge is 2.53. The highest BCUT2D eigenvalue weighted by molar-refractivity contribution is 4.95. The maximum Gasteiger partial charge on any atom is 0.186 e. The summed E-state index contributed by atoms with van der Waals surface area (Å²) in [5.41, 5.74) is 8.16. The van der Waals surface area contributed by atoms with Gasteiger partial charge in [0, 0.05) is 11.5 Å². The molecule has 19 heavy (non-hydrogen) atoms. The Morgan fingerprint density at radius 3 is 2.74 bits per heavy atom. The van der Waals surface area contributed by atoms with Crippen molar-refractivity contribution in [3.8, 4) is 0 Å². The van der Waals surface area contributed by atoms with E-state index in [0.29, 0.717) is 0 Å². The van der Waals surface area contributed by atoms with Gasteiger partial charge in [-0.1, -0.05) is 5.11 Å². The van der Waals surface area contributed by atoms with Crippen LogP contribution in [0.4, 0.5) is 0 Å². The van der Waals surface area contributed by atoms with Gasteiger partial charge in [0.2, 0.25) is 0 Å². The molecule has 2 aliphatic rings. The summed E-state index contributed by atoms with van der Waals surface area (Å²) in [4.78, 5) is 2.62. The smallest absolute Gasteiger partial charge is 0.186 e. The van der Waals surface area contributed by atoms with Crippen LogP contribution in [0.15, 0.2) is 5.11 Å². The number of aliphatic hydroxyl groups is 1. The largest absolute Gasteiger partial charge is 0.385 e. The summed E-state index contributed by atoms with van der Waals surface area (Å²) >= 11 is 0. The molecule has 0 saturated carbocycles. The van der Waals surface area contributed by atoms with Gasteiger partial charge in [-0.05, 0) is 26.3 Å². The predicted molar refractivity (Wildman–Crippen MR) is 64.1 cm³/mol. The minimum Gasteiger partial charge on any atom is -0.385 e. The first-order chi connectivity index (χ1) is 8.94. The van der Waals surface area contributed by atoms with E-state index in [1.807, 2.05) is 6.92 Å². The lowest BCUT2D eigenvalue weighted by Gasteiger charge is -2.38. The molecule has 0 spiro atoms. The predicted octanol–water partition coefficient (Wildman–Crippen LogP) is 0.939. The number of ether oxygens (including phenoxy) is 4. The van der Waals surface area contributed by atoms with E-state index in [-0.39, 0.29) is 25.4 Å². The van der Waals surface area contributed by atoms with E-state index in [4.69, 9.17) is 24.5 Å². The van der Waals surface area contributed by atoms with Gasteiger partial charge in [0.05, 0.1) is 12.7 Å².